The first-order chi connectivity index (χ1) is 10.8. The molecule has 122 valence electrons. The fraction of sp³-hybridized carbons (Fsp3) is 0.188. The van der Waals surface area contributed by atoms with Gasteiger partial charge >= 0.3 is 0 Å². The number of carbonyl (C=O) groups excluding carboxylic acids is 1. The highest BCUT2D eigenvalue weighted by molar-refractivity contribution is 14.1. The van der Waals surface area contributed by atoms with Gasteiger partial charge < -0.3 is 10.6 Å². The summed E-state index contributed by atoms with van der Waals surface area (Å²) in [6.45, 7) is 1.85. The van der Waals surface area contributed by atoms with Crippen LogP contribution in [-0.4, -0.2) is 15.9 Å². The van der Waals surface area contributed by atoms with Crippen molar-refractivity contribution in [3.63, 3.8) is 0 Å². The number of rotatable bonds is 4. The van der Waals surface area contributed by atoms with Gasteiger partial charge in [0, 0.05) is 14.8 Å². The molecule has 2 aromatic rings. The predicted molar refractivity (Wildman–Crippen MR) is 106 cm³/mol. The van der Waals surface area contributed by atoms with Gasteiger partial charge in [0.1, 0.15) is 6.17 Å². The molecule has 0 spiro atoms. The minimum Gasteiger partial charge on any atom is -0.362 e. The van der Waals surface area contributed by atoms with Crippen LogP contribution >= 0.6 is 57.4 Å². The van der Waals surface area contributed by atoms with Crippen molar-refractivity contribution >= 4 is 69.0 Å². The normalized spacial score (nSPS) is 12.6. The van der Waals surface area contributed by atoms with Crippen molar-refractivity contribution in [3.05, 3.63) is 63.2 Å². The maximum atomic E-state index is 12.4. The Morgan fingerprint density at radius 1 is 1.09 bits per heavy atom. The molecule has 2 N–H and O–H groups in total. The van der Waals surface area contributed by atoms with Crippen LogP contribution in [0.1, 0.15) is 15.9 Å². The molecule has 0 aliphatic heterocycles. The van der Waals surface area contributed by atoms with E-state index in [1.54, 1.807) is 12.1 Å². The zero-order valence-corrected chi connectivity index (χ0v) is 16.5. The number of nitrogens with one attached hydrogen (secondary N) is 2. The lowest BCUT2D eigenvalue weighted by Crippen LogP contribution is -2.49. The summed E-state index contributed by atoms with van der Waals surface area (Å²) < 4.78 is -0.621. The quantitative estimate of drug-likeness (QED) is 0.359. The number of carbonyl (C=O) groups is 1. The van der Waals surface area contributed by atoms with Crippen LogP contribution in [0, 0.1) is 10.5 Å². The topological polar surface area (TPSA) is 41.1 Å². The zero-order valence-electron chi connectivity index (χ0n) is 12.1. The molecule has 0 radical (unpaired) electrons. The summed E-state index contributed by atoms with van der Waals surface area (Å²) in [7, 11) is 0. The van der Waals surface area contributed by atoms with Gasteiger partial charge in [-0.3, -0.25) is 4.79 Å². The Morgan fingerprint density at radius 2 is 1.70 bits per heavy atom. The van der Waals surface area contributed by atoms with Crippen molar-refractivity contribution in [2.24, 2.45) is 0 Å². The van der Waals surface area contributed by atoms with Crippen molar-refractivity contribution in [3.8, 4) is 0 Å². The summed E-state index contributed by atoms with van der Waals surface area (Å²) in [6, 6.07) is 14.8. The fourth-order valence-electron chi connectivity index (χ4n) is 1.95. The Bertz CT molecular complexity index is 686. The van der Waals surface area contributed by atoms with E-state index in [-0.39, 0.29) is 5.91 Å². The van der Waals surface area contributed by atoms with Crippen molar-refractivity contribution in [1.29, 1.82) is 0 Å². The van der Waals surface area contributed by atoms with Crippen LogP contribution in [0.25, 0.3) is 0 Å². The lowest BCUT2D eigenvalue weighted by Gasteiger charge is -2.27. The standard InChI is InChI=1S/C16H14Cl3IN2O/c1-10-4-2-3-5-13(10)14(23)22-15(16(17,18)19)21-12-8-6-11(20)7-9-12/h2-9,15,21H,1H3,(H,22,23). The Morgan fingerprint density at radius 3 is 2.26 bits per heavy atom. The largest absolute Gasteiger partial charge is 0.362 e. The van der Waals surface area contributed by atoms with E-state index < -0.39 is 9.96 Å². The average Bonchev–Trinajstić information content (AvgIpc) is 2.48. The number of anilines is 1. The molecule has 0 aromatic heterocycles. The lowest BCUT2D eigenvalue weighted by atomic mass is 10.1. The molecular weight excluding hydrogens is 469 g/mol. The molecule has 3 nitrogen and oxygen atoms in total. The van der Waals surface area contributed by atoms with Crippen LogP contribution < -0.4 is 10.6 Å². The highest BCUT2D eigenvalue weighted by Crippen LogP contribution is 2.31. The summed E-state index contributed by atoms with van der Waals surface area (Å²) in [5, 5.41) is 5.76. The first-order valence-corrected chi connectivity index (χ1v) is 8.94. The van der Waals surface area contributed by atoms with Crippen molar-refractivity contribution in [2.75, 3.05) is 5.32 Å². The second-order valence-corrected chi connectivity index (χ2v) is 8.53. The third-order valence-electron chi connectivity index (χ3n) is 3.15. The van der Waals surface area contributed by atoms with Gasteiger partial charge in [0.05, 0.1) is 0 Å². The van der Waals surface area contributed by atoms with Crippen LogP contribution in [0.5, 0.6) is 0 Å². The molecule has 2 rings (SSSR count). The second-order valence-electron chi connectivity index (χ2n) is 4.91. The van der Waals surface area contributed by atoms with E-state index >= 15 is 0 Å². The number of benzene rings is 2. The third kappa shape index (κ3) is 5.41. The van der Waals surface area contributed by atoms with Gasteiger partial charge in [0.2, 0.25) is 3.79 Å². The van der Waals surface area contributed by atoms with Gasteiger partial charge in [-0.05, 0) is 65.4 Å². The SMILES string of the molecule is Cc1ccccc1C(=O)NC(Nc1ccc(I)cc1)C(Cl)(Cl)Cl. The van der Waals surface area contributed by atoms with Gasteiger partial charge in [0.15, 0.2) is 0 Å². The molecule has 23 heavy (non-hydrogen) atoms. The van der Waals surface area contributed by atoms with Crippen molar-refractivity contribution in [2.45, 2.75) is 16.9 Å². The van der Waals surface area contributed by atoms with Crippen LogP contribution in [0.4, 0.5) is 5.69 Å². The zero-order chi connectivity index (χ0) is 17.0. The molecule has 0 saturated heterocycles. The second kappa shape index (κ2) is 7.92. The Balaban J connectivity index is 2.18. The van der Waals surface area contributed by atoms with Crippen molar-refractivity contribution in [1.82, 2.24) is 5.32 Å². The Labute approximate surface area is 163 Å². The molecule has 1 atom stereocenters. The average molecular weight is 484 g/mol. The molecule has 0 bridgehead atoms. The lowest BCUT2D eigenvalue weighted by molar-refractivity contribution is 0.0941. The summed E-state index contributed by atoms with van der Waals surface area (Å²) in [4.78, 5) is 12.4. The maximum absolute atomic E-state index is 12.4. The first kappa shape index (κ1) is 18.6. The number of halogens is 4. The number of aryl methyl sites for hydroxylation is 1. The van der Waals surface area contributed by atoms with E-state index in [1.807, 2.05) is 43.3 Å². The smallest absolute Gasteiger partial charge is 0.253 e. The van der Waals surface area contributed by atoms with Crippen LogP contribution in [0.3, 0.4) is 0 Å². The number of alkyl halides is 3. The Hall–Kier alpha value is -0.690. The summed E-state index contributed by atoms with van der Waals surface area (Å²) in [5.41, 5.74) is 2.13. The van der Waals surface area contributed by atoms with Crippen LogP contribution in [0.15, 0.2) is 48.5 Å². The molecule has 0 heterocycles. The predicted octanol–water partition coefficient (Wildman–Crippen LogP) is 5.14. The van der Waals surface area contributed by atoms with Gasteiger partial charge in [-0.2, -0.15) is 0 Å². The number of hydrogen-bond acceptors (Lipinski definition) is 2. The Kier molecular flexibility index (Phi) is 6.42. The van der Waals surface area contributed by atoms with Gasteiger partial charge in [-0.15, -0.1) is 0 Å². The molecule has 0 saturated carbocycles. The van der Waals surface area contributed by atoms with E-state index in [9.17, 15) is 4.79 Å². The van der Waals surface area contributed by atoms with Gasteiger partial charge in [-0.25, -0.2) is 0 Å². The van der Waals surface area contributed by atoms with Crippen LogP contribution in [-0.2, 0) is 0 Å². The van der Waals surface area contributed by atoms with Crippen molar-refractivity contribution < 1.29 is 4.79 Å². The molecule has 0 aliphatic carbocycles. The molecule has 1 amide bonds. The minimum atomic E-state index is -1.71. The summed E-state index contributed by atoms with van der Waals surface area (Å²) >= 11 is 20.2. The summed E-state index contributed by atoms with van der Waals surface area (Å²) in [6.07, 6.45) is -0.875. The van der Waals surface area contributed by atoms with E-state index in [4.69, 9.17) is 34.8 Å². The monoisotopic (exact) mass is 482 g/mol. The number of amides is 1. The van der Waals surface area contributed by atoms with Crippen LogP contribution in [0.2, 0.25) is 0 Å². The van der Waals surface area contributed by atoms with E-state index in [2.05, 4.69) is 33.2 Å². The summed E-state index contributed by atoms with van der Waals surface area (Å²) in [5.74, 6) is -0.308. The first-order valence-electron chi connectivity index (χ1n) is 6.72. The third-order valence-corrected chi connectivity index (χ3v) is 4.52. The van der Waals surface area contributed by atoms with E-state index in [0.717, 1.165) is 14.8 Å². The van der Waals surface area contributed by atoms with Gasteiger partial charge in [-0.1, -0.05) is 53.0 Å². The van der Waals surface area contributed by atoms with Gasteiger partial charge in [0.25, 0.3) is 5.91 Å². The number of hydrogen-bond donors (Lipinski definition) is 2. The minimum absolute atomic E-state index is 0.308. The highest BCUT2D eigenvalue weighted by Gasteiger charge is 2.34. The molecule has 1 unspecified atom stereocenters. The van der Waals surface area contributed by atoms with E-state index in [0.29, 0.717) is 5.56 Å². The maximum Gasteiger partial charge on any atom is 0.253 e. The fourth-order valence-corrected chi connectivity index (χ4v) is 2.64. The molecule has 0 fully saturated rings. The molecular formula is C16H14Cl3IN2O. The molecule has 7 heteroatoms. The molecule has 0 aliphatic rings. The highest BCUT2D eigenvalue weighted by atomic mass is 127. The van der Waals surface area contributed by atoms with E-state index in [1.165, 1.54) is 0 Å². The molecule has 2 aromatic carbocycles.